The van der Waals surface area contributed by atoms with Crippen molar-refractivity contribution in [3.05, 3.63) is 58.5 Å². The summed E-state index contributed by atoms with van der Waals surface area (Å²) in [6.07, 6.45) is 1.80. The molecule has 1 amide bonds. The quantitative estimate of drug-likeness (QED) is 0.660. The molecule has 0 atom stereocenters. The summed E-state index contributed by atoms with van der Waals surface area (Å²) >= 11 is 1.28. The third kappa shape index (κ3) is 4.65. The van der Waals surface area contributed by atoms with Gasteiger partial charge in [-0.2, -0.15) is 0 Å². The molecular formula is C22H22N2O5S. The maximum absolute atomic E-state index is 12.8. The van der Waals surface area contributed by atoms with Crippen LogP contribution in [-0.2, 0) is 4.79 Å². The number of amidine groups is 1. The lowest BCUT2D eigenvalue weighted by Gasteiger charge is -2.12. The number of aromatic carboxylic acids is 1. The van der Waals surface area contributed by atoms with E-state index < -0.39 is 5.97 Å². The largest absolute Gasteiger partial charge is 0.493 e. The fourth-order valence-electron chi connectivity index (χ4n) is 2.86. The van der Waals surface area contributed by atoms with Crippen molar-refractivity contribution < 1.29 is 24.2 Å². The van der Waals surface area contributed by atoms with Crippen LogP contribution >= 0.6 is 11.8 Å². The highest BCUT2D eigenvalue weighted by atomic mass is 32.2. The Kier molecular flexibility index (Phi) is 6.79. The molecule has 0 aromatic heterocycles. The first-order chi connectivity index (χ1) is 14.5. The Hall–Kier alpha value is -3.26. The molecule has 2 aromatic rings. The number of methoxy groups -OCH3 is 1. The lowest BCUT2D eigenvalue weighted by atomic mass is 10.2. The zero-order valence-corrected chi connectivity index (χ0v) is 17.7. The summed E-state index contributed by atoms with van der Waals surface area (Å²) in [4.78, 5) is 30.5. The van der Waals surface area contributed by atoms with Gasteiger partial charge in [0.05, 0.1) is 29.9 Å². The average molecular weight is 426 g/mol. The summed E-state index contributed by atoms with van der Waals surface area (Å²) in [7, 11) is 1.57. The fraction of sp³-hybridized carbons (Fsp3) is 0.227. The van der Waals surface area contributed by atoms with Gasteiger partial charge < -0.3 is 14.6 Å². The third-order valence-corrected chi connectivity index (χ3v) is 5.34. The van der Waals surface area contributed by atoms with Gasteiger partial charge in [-0.3, -0.25) is 9.69 Å². The van der Waals surface area contributed by atoms with E-state index in [0.29, 0.717) is 40.4 Å². The number of hydrogen-bond donors (Lipinski definition) is 1. The molecule has 1 aliphatic rings. The minimum absolute atomic E-state index is 0.128. The van der Waals surface area contributed by atoms with Gasteiger partial charge in [0.25, 0.3) is 5.91 Å². The van der Waals surface area contributed by atoms with Crippen LogP contribution in [0.3, 0.4) is 0 Å². The molecule has 0 spiro atoms. The Morgan fingerprint density at radius 2 is 1.90 bits per heavy atom. The number of likely N-dealkylation sites (N-methyl/N-ethyl adjacent to an activating group) is 1. The molecule has 0 unspecified atom stereocenters. The Morgan fingerprint density at radius 1 is 1.17 bits per heavy atom. The molecule has 1 aliphatic heterocycles. The number of amides is 1. The van der Waals surface area contributed by atoms with Gasteiger partial charge in [-0.05, 0) is 73.6 Å². The molecule has 30 heavy (non-hydrogen) atoms. The van der Waals surface area contributed by atoms with Crippen molar-refractivity contribution in [1.82, 2.24) is 4.90 Å². The standard InChI is InChI=1S/C22H22N2O5S/c1-4-24-20(25)19(13-14-6-11-17(29-5-2)18(12-14)28-3)30-22(24)23-16-9-7-15(8-10-16)21(26)27/h6-13H,4-5H2,1-3H3,(H,26,27). The van der Waals surface area contributed by atoms with Gasteiger partial charge in [0, 0.05) is 6.54 Å². The van der Waals surface area contributed by atoms with E-state index >= 15 is 0 Å². The number of rotatable bonds is 7. The zero-order valence-electron chi connectivity index (χ0n) is 16.9. The van der Waals surface area contributed by atoms with Gasteiger partial charge in [-0.25, -0.2) is 9.79 Å². The molecule has 8 heteroatoms. The van der Waals surface area contributed by atoms with Crippen LogP contribution in [-0.4, -0.2) is 47.3 Å². The number of carbonyl (C=O) groups excluding carboxylic acids is 1. The highest BCUT2D eigenvalue weighted by Gasteiger charge is 2.32. The normalized spacial score (nSPS) is 16.4. The SMILES string of the molecule is CCOc1ccc(C=C2SC(=Nc3ccc(C(=O)O)cc3)N(CC)C2=O)cc1OC. The van der Waals surface area contributed by atoms with Gasteiger partial charge in [0.1, 0.15) is 0 Å². The molecule has 1 N–H and O–H groups in total. The first-order valence-electron chi connectivity index (χ1n) is 9.41. The number of nitrogens with zero attached hydrogens (tertiary/aromatic N) is 2. The highest BCUT2D eigenvalue weighted by molar-refractivity contribution is 8.18. The van der Waals surface area contributed by atoms with Crippen molar-refractivity contribution in [2.24, 2.45) is 4.99 Å². The van der Waals surface area contributed by atoms with E-state index in [1.54, 1.807) is 30.2 Å². The van der Waals surface area contributed by atoms with Gasteiger partial charge in [-0.1, -0.05) is 6.07 Å². The number of hydrogen-bond acceptors (Lipinski definition) is 6. The Balaban J connectivity index is 1.89. The summed E-state index contributed by atoms with van der Waals surface area (Å²) in [5.41, 5.74) is 1.58. The van der Waals surface area contributed by atoms with Crippen molar-refractivity contribution in [3.8, 4) is 11.5 Å². The molecule has 156 valence electrons. The second-order valence-electron chi connectivity index (χ2n) is 6.25. The first kappa shape index (κ1) is 21.4. The molecule has 1 heterocycles. The van der Waals surface area contributed by atoms with E-state index in [1.807, 2.05) is 32.0 Å². The van der Waals surface area contributed by atoms with Crippen molar-refractivity contribution in [2.75, 3.05) is 20.3 Å². The van der Waals surface area contributed by atoms with Gasteiger partial charge in [0.15, 0.2) is 16.7 Å². The Bertz CT molecular complexity index is 1010. The van der Waals surface area contributed by atoms with Crippen LogP contribution < -0.4 is 9.47 Å². The number of carbonyl (C=O) groups is 2. The molecule has 2 aromatic carbocycles. The highest BCUT2D eigenvalue weighted by Crippen LogP contribution is 2.35. The molecule has 0 radical (unpaired) electrons. The zero-order chi connectivity index (χ0) is 21.7. The molecule has 0 aliphatic carbocycles. The topological polar surface area (TPSA) is 88.4 Å². The van der Waals surface area contributed by atoms with Crippen molar-refractivity contribution in [1.29, 1.82) is 0 Å². The average Bonchev–Trinajstić information content (AvgIpc) is 3.03. The summed E-state index contributed by atoms with van der Waals surface area (Å²) in [5, 5.41) is 9.57. The van der Waals surface area contributed by atoms with Crippen LogP contribution in [0.15, 0.2) is 52.4 Å². The third-order valence-electron chi connectivity index (χ3n) is 4.33. The second kappa shape index (κ2) is 9.49. The summed E-state index contributed by atoms with van der Waals surface area (Å²) in [6.45, 7) is 4.79. The second-order valence-corrected chi connectivity index (χ2v) is 7.26. The summed E-state index contributed by atoms with van der Waals surface area (Å²) in [5.74, 6) is 0.123. The van der Waals surface area contributed by atoms with Gasteiger partial charge in [0.2, 0.25) is 0 Å². The van der Waals surface area contributed by atoms with Crippen LogP contribution in [0.1, 0.15) is 29.8 Å². The van der Waals surface area contributed by atoms with E-state index in [-0.39, 0.29) is 11.5 Å². The molecule has 1 saturated heterocycles. The number of benzene rings is 2. The van der Waals surface area contributed by atoms with Crippen LogP contribution in [0.2, 0.25) is 0 Å². The Labute approximate surface area is 179 Å². The van der Waals surface area contributed by atoms with E-state index in [2.05, 4.69) is 4.99 Å². The molecule has 1 fully saturated rings. The number of aliphatic imine (C=N–C) groups is 1. The molecule has 7 nitrogen and oxygen atoms in total. The predicted octanol–water partition coefficient (Wildman–Crippen LogP) is 4.42. The van der Waals surface area contributed by atoms with Crippen molar-refractivity contribution >= 4 is 40.6 Å². The van der Waals surface area contributed by atoms with E-state index in [0.717, 1.165) is 5.56 Å². The van der Waals surface area contributed by atoms with Crippen molar-refractivity contribution in [2.45, 2.75) is 13.8 Å². The molecule has 0 saturated carbocycles. The lowest BCUT2D eigenvalue weighted by molar-refractivity contribution is -0.122. The molecule has 0 bridgehead atoms. The molecular weight excluding hydrogens is 404 g/mol. The fourth-order valence-corrected chi connectivity index (χ4v) is 3.92. The smallest absolute Gasteiger partial charge is 0.335 e. The maximum Gasteiger partial charge on any atom is 0.335 e. The minimum Gasteiger partial charge on any atom is -0.493 e. The van der Waals surface area contributed by atoms with E-state index in [9.17, 15) is 9.59 Å². The number of carboxylic acids is 1. The monoisotopic (exact) mass is 426 g/mol. The van der Waals surface area contributed by atoms with E-state index in [1.165, 1.54) is 23.9 Å². The minimum atomic E-state index is -0.995. The van der Waals surface area contributed by atoms with E-state index in [4.69, 9.17) is 14.6 Å². The van der Waals surface area contributed by atoms with Crippen LogP contribution in [0.25, 0.3) is 6.08 Å². The summed E-state index contributed by atoms with van der Waals surface area (Å²) < 4.78 is 10.9. The van der Waals surface area contributed by atoms with Gasteiger partial charge >= 0.3 is 5.97 Å². The van der Waals surface area contributed by atoms with Gasteiger partial charge in [-0.15, -0.1) is 0 Å². The lowest BCUT2D eigenvalue weighted by Crippen LogP contribution is -2.28. The van der Waals surface area contributed by atoms with Crippen LogP contribution in [0.5, 0.6) is 11.5 Å². The Morgan fingerprint density at radius 3 is 2.50 bits per heavy atom. The van der Waals surface area contributed by atoms with Crippen molar-refractivity contribution in [3.63, 3.8) is 0 Å². The number of ether oxygens (including phenoxy) is 2. The maximum atomic E-state index is 12.8. The number of thioether (sulfide) groups is 1. The summed E-state index contributed by atoms with van der Waals surface area (Å²) in [6, 6.07) is 11.7. The predicted molar refractivity (Wildman–Crippen MR) is 118 cm³/mol. The van der Waals surface area contributed by atoms with Crippen LogP contribution in [0.4, 0.5) is 5.69 Å². The van der Waals surface area contributed by atoms with Crippen LogP contribution in [0, 0.1) is 0 Å². The molecule has 3 rings (SSSR count). The number of carboxylic acid groups (broad SMARTS) is 1. The first-order valence-corrected chi connectivity index (χ1v) is 10.2.